The number of carbonyl (C=O) groups is 1. The van der Waals surface area contributed by atoms with E-state index in [0.717, 1.165) is 23.2 Å². The molecule has 0 fully saturated rings. The molecule has 1 aromatic carbocycles. The van der Waals surface area contributed by atoms with E-state index in [4.69, 9.17) is 4.74 Å². The van der Waals surface area contributed by atoms with Gasteiger partial charge in [-0.3, -0.25) is 4.79 Å². The monoisotopic (exact) mass is 335 g/mol. The van der Waals surface area contributed by atoms with Gasteiger partial charge in [0.1, 0.15) is 0 Å². The lowest BCUT2D eigenvalue weighted by molar-refractivity contribution is -0.0512. The predicted molar refractivity (Wildman–Crippen MR) is 86.1 cm³/mol. The SMILES string of the molecule is CCC(=O)c1ccn2c1-c1cc(OC(F)F)c(OC)cc1CC2C. The largest absolute Gasteiger partial charge is 0.493 e. The van der Waals surface area contributed by atoms with Crippen LogP contribution in [0.4, 0.5) is 8.78 Å². The van der Waals surface area contributed by atoms with Gasteiger partial charge in [0.25, 0.3) is 0 Å². The van der Waals surface area contributed by atoms with Crippen LogP contribution in [0.2, 0.25) is 0 Å². The number of methoxy groups -OCH3 is 1. The van der Waals surface area contributed by atoms with Crippen LogP contribution in [0.25, 0.3) is 11.3 Å². The number of Topliss-reactive ketones (excluding diaryl/α,β-unsaturated/α-hetero) is 1. The second kappa shape index (κ2) is 6.26. The first kappa shape index (κ1) is 16.5. The van der Waals surface area contributed by atoms with E-state index in [2.05, 4.69) is 11.7 Å². The van der Waals surface area contributed by atoms with Gasteiger partial charge in [-0.05, 0) is 37.1 Å². The number of hydrogen-bond acceptors (Lipinski definition) is 3. The van der Waals surface area contributed by atoms with Gasteiger partial charge in [-0.1, -0.05) is 6.92 Å². The molecule has 1 atom stereocenters. The van der Waals surface area contributed by atoms with Gasteiger partial charge < -0.3 is 14.0 Å². The van der Waals surface area contributed by atoms with Crippen molar-refractivity contribution in [1.29, 1.82) is 0 Å². The minimum Gasteiger partial charge on any atom is -0.493 e. The highest BCUT2D eigenvalue weighted by Gasteiger charge is 2.28. The Morgan fingerprint density at radius 1 is 1.38 bits per heavy atom. The van der Waals surface area contributed by atoms with Crippen LogP contribution in [0.15, 0.2) is 24.4 Å². The lowest BCUT2D eigenvalue weighted by Crippen LogP contribution is -2.17. The van der Waals surface area contributed by atoms with Crippen molar-refractivity contribution < 1.29 is 23.0 Å². The van der Waals surface area contributed by atoms with E-state index in [9.17, 15) is 13.6 Å². The molecule has 1 aliphatic rings. The summed E-state index contributed by atoms with van der Waals surface area (Å²) in [5.41, 5.74) is 3.07. The molecule has 0 aliphatic carbocycles. The van der Waals surface area contributed by atoms with E-state index in [-0.39, 0.29) is 23.3 Å². The summed E-state index contributed by atoms with van der Waals surface area (Å²) >= 11 is 0. The molecule has 128 valence electrons. The quantitative estimate of drug-likeness (QED) is 0.757. The Kier molecular flexibility index (Phi) is 4.30. The molecule has 4 nitrogen and oxygen atoms in total. The number of nitrogens with zero attached hydrogens (tertiary/aromatic N) is 1. The van der Waals surface area contributed by atoms with E-state index in [0.29, 0.717) is 12.0 Å². The van der Waals surface area contributed by atoms with Crippen molar-refractivity contribution >= 4 is 5.78 Å². The number of hydrogen-bond donors (Lipinski definition) is 0. The molecule has 0 saturated carbocycles. The van der Waals surface area contributed by atoms with Gasteiger partial charge in [-0.15, -0.1) is 0 Å². The molecule has 2 aromatic rings. The van der Waals surface area contributed by atoms with Crippen LogP contribution in [-0.2, 0) is 6.42 Å². The summed E-state index contributed by atoms with van der Waals surface area (Å²) in [5.74, 6) is 0.268. The summed E-state index contributed by atoms with van der Waals surface area (Å²) in [6.45, 7) is 0.921. The molecule has 0 saturated heterocycles. The first-order valence-corrected chi connectivity index (χ1v) is 7.86. The molecule has 0 bridgehead atoms. The zero-order chi connectivity index (χ0) is 17.4. The van der Waals surface area contributed by atoms with Crippen LogP contribution in [0.1, 0.15) is 42.2 Å². The standard InChI is InChI=1S/C18H19F2NO3/c1-4-14(22)12-5-6-21-10(2)7-11-8-15(23-3)16(24-18(19)20)9-13(11)17(12)21/h5-6,8-10,18H,4,7H2,1-3H3. The van der Waals surface area contributed by atoms with E-state index >= 15 is 0 Å². The fourth-order valence-corrected chi connectivity index (χ4v) is 3.27. The van der Waals surface area contributed by atoms with Crippen molar-refractivity contribution in [2.75, 3.05) is 7.11 Å². The second-order valence-electron chi connectivity index (χ2n) is 5.85. The fraction of sp³-hybridized carbons (Fsp3) is 0.389. The minimum absolute atomic E-state index is 0.0240. The number of carbonyl (C=O) groups excluding carboxylic acids is 1. The molecule has 3 rings (SSSR count). The molecule has 0 amide bonds. The molecule has 1 unspecified atom stereocenters. The summed E-state index contributed by atoms with van der Waals surface area (Å²) in [4.78, 5) is 12.3. The highest BCUT2D eigenvalue weighted by Crippen LogP contribution is 2.43. The topological polar surface area (TPSA) is 40.5 Å². The molecule has 0 N–H and O–H groups in total. The number of ether oxygens (including phenoxy) is 2. The Bertz CT molecular complexity index is 783. The Morgan fingerprint density at radius 2 is 2.12 bits per heavy atom. The van der Waals surface area contributed by atoms with Crippen LogP contribution < -0.4 is 9.47 Å². The third-order valence-electron chi connectivity index (χ3n) is 4.39. The van der Waals surface area contributed by atoms with E-state index in [1.54, 1.807) is 25.1 Å². The van der Waals surface area contributed by atoms with Crippen LogP contribution in [0, 0.1) is 0 Å². The molecule has 24 heavy (non-hydrogen) atoms. The average molecular weight is 335 g/mol. The van der Waals surface area contributed by atoms with Gasteiger partial charge in [0.15, 0.2) is 17.3 Å². The number of fused-ring (bicyclic) bond motifs is 3. The van der Waals surface area contributed by atoms with E-state index < -0.39 is 6.61 Å². The Labute approximate surface area is 139 Å². The summed E-state index contributed by atoms with van der Waals surface area (Å²) < 4.78 is 37.2. The van der Waals surface area contributed by atoms with Crippen LogP contribution in [-0.4, -0.2) is 24.1 Å². The first-order chi connectivity index (χ1) is 11.5. The predicted octanol–water partition coefficient (Wildman–Crippen LogP) is 4.47. The lowest BCUT2D eigenvalue weighted by Gasteiger charge is -2.27. The maximum absolute atomic E-state index is 12.7. The van der Waals surface area contributed by atoms with Crippen LogP contribution in [0.5, 0.6) is 11.5 Å². The van der Waals surface area contributed by atoms with Gasteiger partial charge in [0.2, 0.25) is 0 Å². The van der Waals surface area contributed by atoms with Crippen molar-refractivity contribution in [2.24, 2.45) is 0 Å². The maximum Gasteiger partial charge on any atom is 0.387 e. The number of ketones is 1. The molecular formula is C18H19F2NO3. The van der Waals surface area contributed by atoms with Gasteiger partial charge in [0, 0.05) is 29.8 Å². The molecular weight excluding hydrogens is 316 g/mol. The van der Waals surface area contributed by atoms with Crippen LogP contribution in [0.3, 0.4) is 0 Å². The lowest BCUT2D eigenvalue weighted by atomic mass is 9.91. The fourth-order valence-electron chi connectivity index (χ4n) is 3.27. The van der Waals surface area contributed by atoms with E-state index in [1.807, 2.05) is 10.8 Å². The number of benzene rings is 1. The number of aromatic nitrogens is 1. The van der Waals surface area contributed by atoms with Crippen molar-refractivity contribution in [1.82, 2.24) is 4.57 Å². The van der Waals surface area contributed by atoms with E-state index in [1.165, 1.54) is 7.11 Å². The third kappa shape index (κ3) is 2.66. The van der Waals surface area contributed by atoms with Crippen molar-refractivity contribution in [3.05, 3.63) is 35.5 Å². The van der Waals surface area contributed by atoms with Gasteiger partial charge >= 0.3 is 6.61 Å². The molecule has 0 radical (unpaired) electrons. The Balaban J connectivity index is 2.21. The third-order valence-corrected chi connectivity index (χ3v) is 4.39. The highest BCUT2D eigenvalue weighted by molar-refractivity contribution is 6.02. The number of rotatable bonds is 5. The Morgan fingerprint density at radius 3 is 2.75 bits per heavy atom. The van der Waals surface area contributed by atoms with Gasteiger partial charge in [-0.25, -0.2) is 0 Å². The molecule has 2 heterocycles. The molecule has 6 heteroatoms. The van der Waals surface area contributed by atoms with Crippen LogP contribution >= 0.6 is 0 Å². The number of alkyl halides is 2. The Hall–Kier alpha value is -2.37. The maximum atomic E-state index is 12.7. The first-order valence-electron chi connectivity index (χ1n) is 7.86. The summed E-state index contributed by atoms with van der Waals surface area (Å²) in [6.07, 6.45) is 2.99. The van der Waals surface area contributed by atoms with Crippen molar-refractivity contribution in [3.8, 4) is 22.8 Å². The second-order valence-corrected chi connectivity index (χ2v) is 5.85. The smallest absolute Gasteiger partial charge is 0.387 e. The normalized spacial score (nSPS) is 15.8. The summed E-state index contributed by atoms with van der Waals surface area (Å²) in [7, 11) is 1.42. The highest BCUT2D eigenvalue weighted by atomic mass is 19.3. The molecule has 1 aromatic heterocycles. The van der Waals surface area contributed by atoms with Crippen molar-refractivity contribution in [3.63, 3.8) is 0 Å². The van der Waals surface area contributed by atoms with Crippen molar-refractivity contribution in [2.45, 2.75) is 39.3 Å². The minimum atomic E-state index is -2.94. The average Bonchev–Trinajstić information content (AvgIpc) is 2.99. The van der Waals surface area contributed by atoms with Gasteiger partial charge in [0.05, 0.1) is 12.8 Å². The zero-order valence-electron chi connectivity index (χ0n) is 13.8. The molecule has 0 spiro atoms. The summed E-state index contributed by atoms with van der Waals surface area (Å²) in [6, 6.07) is 5.23. The van der Waals surface area contributed by atoms with Gasteiger partial charge in [-0.2, -0.15) is 8.78 Å². The zero-order valence-corrected chi connectivity index (χ0v) is 13.8. The summed E-state index contributed by atoms with van der Waals surface area (Å²) in [5, 5.41) is 0. The molecule has 1 aliphatic heterocycles. The number of halogens is 2.